The number of halogens is 1. The summed E-state index contributed by atoms with van der Waals surface area (Å²) in [5.41, 5.74) is 1.01. The molecule has 0 bridgehead atoms. The molecule has 20 heavy (non-hydrogen) atoms. The molecule has 0 saturated carbocycles. The molecule has 0 saturated heterocycles. The van der Waals surface area contributed by atoms with Crippen LogP contribution in [-0.4, -0.2) is 17.5 Å². The summed E-state index contributed by atoms with van der Waals surface area (Å²) in [5.74, 6) is 0.0424. The van der Waals surface area contributed by atoms with Gasteiger partial charge in [0.25, 0.3) is 0 Å². The molecule has 0 fully saturated rings. The van der Waals surface area contributed by atoms with Gasteiger partial charge in [0.15, 0.2) is 0 Å². The SMILES string of the molecule is CCC(C)(C)NC(=O)C(C)N[C@H](C)c1ccc(Br)cc1. The summed E-state index contributed by atoms with van der Waals surface area (Å²) >= 11 is 3.43. The summed E-state index contributed by atoms with van der Waals surface area (Å²) < 4.78 is 1.06. The van der Waals surface area contributed by atoms with Crippen molar-refractivity contribution in [1.82, 2.24) is 10.6 Å². The van der Waals surface area contributed by atoms with Gasteiger partial charge in [0.1, 0.15) is 0 Å². The average Bonchev–Trinajstić information content (AvgIpc) is 2.38. The van der Waals surface area contributed by atoms with Crippen molar-refractivity contribution in [1.29, 1.82) is 0 Å². The predicted octanol–water partition coefficient (Wildman–Crippen LogP) is 3.79. The minimum atomic E-state index is -0.223. The van der Waals surface area contributed by atoms with E-state index in [0.29, 0.717) is 0 Å². The lowest BCUT2D eigenvalue weighted by Crippen LogP contribution is -2.51. The van der Waals surface area contributed by atoms with E-state index in [9.17, 15) is 4.79 Å². The van der Waals surface area contributed by atoms with E-state index in [-0.39, 0.29) is 23.5 Å². The fraction of sp³-hybridized carbons (Fsp3) is 0.562. The van der Waals surface area contributed by atoms with Crippen molar-refractivity contribution < 1.29 is 4.79 Å². The molecule has 0 aliphatic rings. The Hall–Kier alpha value is -0.870. The number of benzene rings is 1. The largest absolute Gasteiger partial charge is 0.350 e. The van der Waals surface area contributed by atoms with Crippen LogP contribution in [0, 0.1) is 0 Å². The van der Waals surface area contributed by atoms with Crippen LogP contribution in [0.3, 0.4) is 0 Å². The predicted molar refractivity (Wildman–Crippen MR) is 87.7 cm³/mol. The number of hydrogen-bond acceptors (Lipinski definition) is 2. The quantitative estimate of drug-likeness (QED) is 0.826. The summed E-state index contributed by atoms with van der Waals surface area (Å²) in [5, 5.41) is 6.40. The Morgan fingerprint density at radius 1 is 1.25 bits per heavy atom. The zero-order chi connectivity index (χ0) is 15.3. The summed E-state index contributed by atoms with van der Waals surface area (Å²) in [6.45, 7) is 10.1. The number of carbonyl (C=O) groups excluding carboxylic acids is 1. The lowest BCUT2D eigenvalue weighted by molar-refractivity contribution is -0.124. The van der Waals surface area contributed by atoms with Crippen molar-refractivity contribution in [3.05, 3.63) is 34.3 Å². The van der Waals surface area contributed by atoms with Crippen LogP contribution in [-0.2, 0) is 4.79 Å². The van der Waals surface area contributed by atoms with Crippen LogP contribution in [0.5, 0.6) is 0 Å². The van der Waals surface area contributed by atoms with Crippen LogP contribution in [0.4, 0.5) is 0 Å². The monoisotopic (exact) mass is 340 g/mol. The Morgan fingerprint density at radius 3 is 2.30 bits per heavy atom. The molecular formula is C16H25BrN2O. The van der Waals surface area contributed by atoms with Crippen molar-refractivity contribution in [2.45, 2.75) is 58.7 Å². The molecule has 0 spiro atoms. The molecule has 1 unspecified atom stereocenters. The van der Waals surface area contributed by atoms with Crippen molar-refractivity contribution in [3.8, 4) is 0 Å². The Morgan fingerprint density at radius 2 is 1.80 bits per heavy atom. The highest BCUT2D eigenvalue weighted by Gasteiger charge is 2.22. The van der Waals surface area contributed by atoms with E-state index in [1.165, 1.54) is 5.56 Å². The average molecular weight is 341 g/mol. The topological polar surface area (TPSA) is 41.1 Å². The molecule has 0 heterocycles. The standard InChI is InChI=1S/C16H25BrN2O/c1-6-16(4,5)19-15(20)12(3)18-11(2)13-7-9-14(17)10-8-13/h7-12,18H,6H2,1-5H3,(H,19,20)/t11-,12?/m1/s1. The normalized spacial score (nSPS) is 14.7. The fourth-order valence-corrected chi connectivity index (χ4v) is 2.09. The van der Waals surface area contributed by atoms with E-state index < -0.39 is 0 Å². The molecule has 1 rings (SSSR count). The first-order valence-corrected chi connectivity index (χ1v) is 7.88. The van der Waals surface area contributed by atoms with Gasteiger partial charge in [0.05, 0.1) is 6.04 Å². The van der Waals surface area contributed by atoms with Gasteiger partial charge >= 0.3 is 0 Å². The molecule has 0 aromatic heterocycles. The van der Waals surface area contributed by atoms with E-state index >= 15 is 0 Å². The van der Waals surface area contributed by atoms with Crippen LogP contribution in [0.2, 0.25) is 0 Å². The zero-order valence-electron chi connectivity index (χ0n) is 13.0. The van der Waals surface area contributed by atoms with Gasteiger partial charge in [-0.1, -0.05) is 35.0 Å². The van der Waals surface area contributed by atoms with Crippen LogP contribution in [0.25, 0.3) is 0 Å². The molecule has 0 radical (unpaired) electrons. The minimum absolute atomic E-state index is 0.0424. The van der Waals surface area contributed by atoms with Gasteiger partial charge in [-0.25, -0.2) is 0 Å². The molecule has 3 nitrogen and oxygen atoms in total. The van der Waals surface area contributed by atoms with Crippen LogP contribution in [0.15, 0.2) is 28.7 Å². The number of rotatable bonds is 6. The third kappa shape index (κ3) is 5.25. The summed E-state index contributed by atoms with van der Waals surface area (Å²) in [4.78, 5) is 12.2. The third-order valence-corrected chi connectivity index (χ3v) is 4.14. The van der Waals surface area contributed by atoms with E-state index in [1.807, 2.05) is 32.9 Å². The van der Waals surface area contributed by atoms with Gasteiger partial charge in [-0.05, 0) is 51.8 Å². The molecule has 112 valence electrons. The minimum Gasteiger partial charge on any atom is -0.350 e. The second-order valence-corrected chi connectivity index (χ2v) is 6.80. The first kappa shape index (κ1) is 17.2. The van der Waals surface area contributed by atoms with Crippen molar-refractivity contribution >= 4 is 21.8 Å². The van der Waals surface area contributed by atoms with Gasteiger partial charge in [0.2, 0.25) is 5.91 Å². The molecule has 1 amide bonds. The molecule has 2 N–H and O–H groups in total. The van der Waals surface area contributed by atoms with Gasteiger partial charge in [0, 0.05) is 16.1 Å². The van der Waals surface area contributed by atoms with Crippen LogP contribution < -0.4 is 10.6 Å². The highest BCUT2D eigenvalue weighted by atomic mass is 79.9. The molecule has 4 heteroatoms. The molecular weight excluding hydrogens is 316 g/mol. The Kier molecular flexibility index (Phi) is 6.21. The maximum absolute atomic E-state index is 12.2. The Balaban J connectivity index is 2.59. The third-order valence-electron chi connectivity index (χ3n) is 3.61. The van der Waals surface area contributed by atoms with E-state index in [1.54, 1.807) is 0 Å². The molecule has 1 aromatic carbocycles. The maximum atomic E-state index is 12.2. The number of hydrogen-bond donors (Lipinski definition) is 2. The lowest BCUT2D eigenvalue weighted by Gasteiger charge is -2.28. The first-order valence-electron chi connectivity index (χ1n) is 7.08. The highest BCUT2D eigenvalue weighted by Crippen LogP contribution is 2.17. The highest BCUT2D eigenvalue weighted by molar-refractivity contribution is 9.10. The summed E-state index contributed by atoms with van der Waals surface area (Å²) in [7, 11) is 0. The Labute approximate surface area is 130 Å². The smallest absolute Gasteiger partial charge is 0.237 e. The molecule has 2 atom stereocenters. The maximum Gasteiger partial charge on any atom is 0.237 e. The van der Waals surface area contributed by atoms with Gasteiger partial charge in [-0.15, -0.1) is 0 Å². The molecule has 1 aromatic rings. The second kappa shape index (κ2) is 7.23. The van der Waals surface area contributed by atoms with Crippen LogP contribution in [0.1, 0.15) is 52.6 Å². The van der Waals surface area contributed by atoms with Crippen LogP contribution >= 0.6 is 15.9 Å². The van der Waals surface area contributed by atoms with Gasteiger partial charge in [-0.3, -0.25) is 10.1 Å². The number of amides is 1. The van der Waals surface area contributed by atoms with Gasteiger partial charge in [-0.2, -0.15) is 0 Å². The molecule has 0 aliphatic carbocycles. The zero-order valence-corrected chi connectivity index (χ0v) is 14.5. The fourth-order valence-electron chi connectivity index (χ4n) is 1.83. The number of nitrogens with one attached hydrogen (secondary N) is 2. The van der Waals surface area contributed by atoms with E-state index in [4.69, 9.17) is 0 Å². The number of carbonyl (C=O) groups is 1. The first-order chi connectivity index (χ1) is 9.25. The summed E-state index contributed by atoms with van der Waals surface area (Å²) in [6.07, 6.45) is 0.910. The van der Waals surface area contributed by atoms with E-state index in [0.717, 1.165) is 10.9 Å². The Bertz CT molecular complexity index is 442. The van der Waals surface area contributed by atoms with Crippen molar-refractivity contribution in [3.63, 3.8) is 0 Å². The van der Waals surface area contributed by atoms with Crippen molar-refractivity contribution in [2.24, 2.45) is 0 Å². The van der Waals surface area contributed by atoms with Crippen molar-refractivity contribution in [2.75, 3.05) is 0 Å². The van der Waals surface area contributed by atoms with E-state index in [2.05, 4.69) is 52.5 Å². The molecule has 0 aliphatic heterocycles. The lowest BCUT2D eigenvalue weighted by atomic mass is 10.0. The summed E-state index contributed by atoms with van der Waals surface area (Å²) in [6, 6.07) is 8.05. The second-order valence-electron chi connectivity index (χ2n) is 5.89. The van der Waals surface area contributed by atoms with Gasteiger partial charge < -0.3 is 5.32 Å².